The molecule has 0 saturated heterocycles. The molecule has 0 fully saturated rings. The van der Waals surface area contributed by atoms with Crippen LogP contribution in [-0.4, -0.2) is 19.3 Å². The van der Waals surface area contributed by atoms with Gasteiger partial charge in [0.1, 0.15) is 16.4 Å². The molecular weight excluding hydrogens is 188 g/mol. The van der Waals surface area contributed by atoms with Crippen LogP contribution in [0.15, 0.2) is 29.2 Å². The molecule has 0 radical (unpaired) electrons. The molecule has 68 valence electrons. The number of hydrogen-bond donors (Lipinski definition) is 1. The van der Waals surface area contributed by atoms with Gasteiger partial charge in [-0.2, -0.15) is 0 Å². The Morgan fingerprint density at radius 3 is 2.54 bits per heavy atom. The van der Waals surface area contributed by atoms with Crippen LogP contribution in [0.25, 0.3) is 0 Å². The van der Waals surface area contributed by atoms with E-state index in [4.69, 9.17) is 6.42 Å². The highest BCUT2D eigenvalue weighted by Gasteiger charge is 2.16. The Kier molecular flexibility index (Phi) is 2.59. The molecule has 4 heteroatoms. The highest BCUT2D eigenvalue weighted by Crippen LogP contribution is 2.22. The Hall–Kier alpha value is -1.47. The summed E-state index contributed by atoms with van der Waals surface area (Å²) < 4.78 is 22.7. The van der Waals surface area contributed by atoms with Crippen LogP contribution in [0.5, 0.6) is 5.75 Å². The SMILES string of the molecule is C#CCS(=O)(=O)c1ccccc1O. The predicted molar refractivity (Wildman–Crippen MR) is 49.0 cm³/mol. The summed E-state index contributed by atoms with van der Waals surface area (Å²) in [7, 11) is -3.53. The van der Waals surface area contributed by atoms with E-state index in [1.165, 1.54) is 18.2 Å². The molecule has 0 aliphatic rings. The van der Waals surface area contributed by atoms with Crippen LogP contribution in [0.3, 0.4) is 0 Å². The summed E-state index contributed by atoms with van der Waals surface area (Å²) in [5.74, 6) is 1.37. The van der Waals surface area contributed by atoms with Crippen LogP contribution >= 0.6 is 0 Å². The highest BCUT2D eigenvalue weighted by molar-refractivity contribution is 7.91. The van der Waals surface area contributed by atoms with Gasteiger partial charge in [0.25, 0.3) is 0 Å². The van der Waals surface area contributed by atoms with E-state index in [0.717, 1.165) is 0 Å². The van der Waals surface area contributed by atoms with Crippen molar-refractivity contribution in [2.45, 2.75) is 4.90 Å². The lowest BCUT2D eigenvalue weighted by Gasteiger charge is -2.01. The number of para-hydroxylation sites is 1. The van der Waals surface area contributed by atoms with Crippen molar-refractivity contribution in [3.8, 4) is 18.1 Å². The second-order valence-electron chi connectivity index (χ2n) is 2.43. The van der Waals surface area contributed by atoms with Crippen LogP contribution < -0.4 is 0 Å². The van der Waals surface area contributed by atoms with Gasteiger partial charge >= 0.3 is 0 Å². The fourth-order valence-electron chi connectivity index (χ4n) is 0.908. The summed E-state index contributed by atoms with van der Waals surface area (Å²) in [6, 6.07) is 5.71. The molecule has 0 saturated carbocycles. The largest absolute Gasteiger partial charge is 0.507 e. The van der Waals surface area contributed by atoms with Gasteiger partial charge in [0.05, 0.1) is 0 Å². The van der Waals surface area contributed by atoms with Crippen molar-refractivity contribution in [1.82, 2.24) is 0 Å². The van der Waals surface area contributed by atoms with Gasteiger partial charge in [-0.3, -0.25) is 0 Å². The van der Waals surface area contributed by atoms with Crippen molar-refractivity contribution < 1.29 is 13.5 Å². The molecule has 0 spiro atoms. The maximum atomic E-state index is 11.4. The first-order valence-electron chi connectivity index (χ1n) is 3.52. The predicted octanol–water partition coefficient (Wildman–Crippen LogP) is 0.799. The molecule has 0 heterocycles. The number of terminal acetylenes is 1. The molecule has 1 rings (SSSR count). The van der Waals surface area contributed by atoms with Gasteiger partial charge in [0, 0.05) is 0 Å². The Morgan fingerprint density at radius 2 is 2.00 bits per heavy atom. The molecule has 0 atom stereocenters. The second kappa shape index (κ2) is 3.50. The van der Waals surface area contributed by atoms with Gasteiger partial charge < -0.3 is 5.11 Å². The monoisotopic (exact) mass is 196 g/mol. The fourth-order valence-corrected chi connectivity index (χ4v) is 1.96. The summed E-state index contributed by atoms with van der Waals surface area (Å²) in [5, 5.41) is 9.23. The van der Waals surface area contributed by atoms with E-state index in [-0.39, 0.29) is 10.6 Å². The second-order valence-corrected chi connectivity index (χ2v) is 4.39. The number of phenols is 1. The third-order valence-electron chi connectivity index (χ3n) is 1.47. The summed E-state index contributed by atoms with van der Waals surface area (Å²) in [5.41, 5.74) is 0. The minimum Gasteiger partial charge on any atom is -0.507 e. The molecule has 0 amide bonds. The van der Waals surface area contributed by atoms with E-state index in [0.29, 0.717) is 0 Å². The van der Waals surface area contributed by atoms with Gasteiger partial charge in [0.2, 0.25) is 0 Å². The lowest BCUT2D eigenvalue weighted by Crippen LogP contribution is -2.04. The zero-order valence-corrected chi connectivity index (χ0v) is 7.58. The summed E-state index contributed by atoms with van der Waals surface area (Å²) in [6.07, 6.45) is 4.89. The average Bonchev–Trinajstić information content (AvgIpc) is 2.04. The number of benzene rings is 1. The smallest absolute Gasteiger partial charge is 0.193 e. The third kappa shape index (κ3) is 2.01. The fraction of sp³-hybridized carbons (Fsp3) is 0.111. The molecule has 0 aromatic heterocycles. The van der Waals surface area contributed by atoms with Crippen molar-refractivity contribution >= 4 is 9.84 Å². The average molecular weight is 196 g/mol. The van der Waals surface area contributed by atoms with Gasteiger partial charge in [-0.25, -0.2) is 8.42 Å². The van der Waals surface area contributed by atoms with Crippen LogP contribution in [0.2, 0.25) is 0 Å². The molecule has 0 aliphatic carbocycles. The molecule has 1 aromatic carbocycles. The quantitative estimate of drug-likeness (QED) is 0.712. The zero-order chi connectivity index (χ0) is 9.90. The van der Waals surface area contributed by atoms with E-state index in [1.807, 2.05) is 5.92 Å². The number of sulfone groups is 1. The zero-order valence-electron chi connectivity index (χ0n) is 6.77. The number of hydrogen-bond acceptors (Lipinski definition) is 3. The van der Waals surface area contributed by atoms with Crippen molar-refractivity contribution in [1.29, 1.82) is 0 Å². The number of phenolic OH excluding ortho intramolecular Hbond substituents is 1. The lowest BCUT2D eigenvalue weighted by molar-refractivity contribution is 0.459. The standard InChI is InChI=1S/C9H8O3S/c1-2-7-13(11,12)9-6-4-3-5-8(9)10/h1,3-6,10H,7H2. The van der Waals surface area contributed by atoms with Gasteiger partial charge in [-0.05, 0) is 12.1 Å². The van der Waals surface area contributed by atoms with Crippen molar-refractivity contribution in [3.05, 3.63) is 24.3 Å². The van der Waals surface area contributed by atoms with Crippen molar-refractivity contribution in [3.63, 3.8) is 0 Å². The maximum Gasteiger partial charge on any atom is 0.193 e. The van der Waals surface area contributed by atoms with Crippen molar-refractivity contribution in [2.75, 3.05) is 5.75 Å². The minimum absolute atomic E-state index is 0.118. The van der Waals surface area contributed by atoms with Gasteiger partial charge in [-0.15, -0.1) is 6.42 Å². The summed E-state index contributed by atoms with van der Waals surface area (Å²) in [6.45, 7) is 0. The Balaban J connectivity index is 3.25. The first kappa shape index (κ1) is 9.62. The van der Waals surface area contributed by atoms with E-state index in [9.17, 15) is 13.5 Å². The summed E-state index contributed by atoms with van der Waals surface area (Å²) >= 11 is 0. The molecule has 1 aromatic rings. The first-order valence-corrected chi connectivity index (χ1v) is 5.17. The third-order valence-corrected chi connectivity index (χ3v) is 3.04. The van der Waals surface area contributed by atoms with E-state index in [1.54, 1.807) is 6.07 Å². The maximum absolute atomic E-state index is 11.4. The Morgan fingerprint density at radius 1 is 1.38 bits per heavy atom. The number of rotatable bonds is 2. The van der Waals surface area contributed by atoms with E-state index in [2.05, 4.69) is 0 Å². The summed E-state index contributed by atoms with van der Waals surface area (Å²) in [4.78, 5) is -0.118. The molecular formula is C9H8O3S. The van der Waals surface area contributed by atoms with Gasteiger partial charge in [0.15, 0.2) is 9.84 Å². The van der Waals surface area contributed by atoms with E-state index < -0.39 is 15.6 Å². The molecule has 0 aliphatic heterocycles. The first-order chi connectivity index (χ1) is 6.08. The Labute approximate surface area is 76.9 Å². The van der Waals surface area contributed by atoms with Crippen LogP contribution in [0.1, 0.15) is 0 Å². The van der Waals surface area contributed by atoms with Crippen LogP contribution in [0, 0.1) is 12.3 Å². The molecule has 1 N–H and O–H groups in total. The molecule has 3 nitrogen and oxygen atoms in total. The highest BCUT2D eigenvalue weighted by atomic mass is 32.2. The van der Waals surface area contributed by atoms with Crippen LogP contribution in [0.4, 0.5) is 0 Å². The minimum atomic E-state index is -3.53. The Bertz CT molecular complexity index is 440. The van der Waals surface area contributed by atoms with Crippen LogP contribution in [-0.2, 0) is 9.84 Å². The lowest BCUT2D eigenvalue weighted by atomic mass is 10.3. The van der Waals surface area contributed by atoms with Gasteiger partial charge in [-0.1, -0.05) is 18.1 Å². The number of aromatic hydroxyl groups is 1. The topological polar surface area (TPSA) is 54.4 Å². The van der Waals surface area contributed by atoms with E-state index >= 15 is 0 Å². The van der Waals surface area contributed by atoms with Crippen molar-refractivity contribution in [2.24, 2.45) is 0 Å². The molecule has 0 unspecified atom stereocenters. The molecule has 0 bridgehead atoms. The molecule has 13 heavy (non-hydrogen) atoms. The normalized spacial score (nSPS) is 10.7.